The molecule has 2 heterocycles. The van der Waals surface area contributed by atoms with Crippen LogP contribution in [0.15, 0.2) is 4.52 Å². The second-order valence-electron chi connectivity index (χ2n) is 6.56. The lowest BCUT2D eigenvalue weighted by Crippen LogP contribution is -2.48. The Balaban J connectivity index is 1.61. The summed E-state index contributed by atoms with van der Waals surface area (Å²) in [6.07, 6.45) is 4.43. The fourth-order valence-electron chi connectivity index (χ4n) is 3.24. The summed E-state index contributed by atoms with van der Waals surface area (Å²) in [4.78, 5) is 16.6. The number of amides is 1. The number of piperidine rings is 1. The van der Waals surface area contributed by atoms with Gasteiger partial charge in [0.1, 0.15) is 5.76 Å². The van der Waals surface area contributed by atoms with Crippen LogP contribution in [0, 0.1) is 19.8 Å². The Kier molecular flexibility index (Phi) is 4.02. The first-order chi connectivity index (χ1) is 10.1. The Labute approximate surface area is 126 Å². The molecule has 2 fully saturated rings. The third-order valence-electron chi connectivity index (χ3n) is 4.87. The minimum Gasteiger partial charge on any atom is -0.361 e. The summed E-state index contributed by atoms with van der Waals surface area (Å²) < 4.78 is 5.25. The number of carbonyl (C=O) groups is 1. The second-order valence-corrected chi connectivity index (χ2v) is 6.56. The molecule has 1 aromatic rings. The molecule has 1 saturated heterocycles. The van der Waals surface area contributed by atoms with E-state index < -0.39 is 0 Å². The van der Waals surface area contributed by atoms with Gasteiger partial charge in [0.2, 0.25) is 5.91 Å². The number of likely N-dealkylation sites (N-methyl/N-ethyl adjacent to an activating group) is 1. The molecule has 5 heteroatoms. The molecule has 0 N–H and O–H groups in total. The van der Waals surface area contributed by atoms with E-state index in [0.29, 0.717) is 17.9 Å². The van der Waals surface area contributed by atoms with E-state index >= 15 is 0 Å². The van der Waals surface area contributed by atoms with Gasteiger partial charge in [-0.25, -0.2) is 0 Å². The molecular weight excluding hydrogens is 266 g/mol. The molecule has 3 rings (SSSR count). The van der Waals surface area contributed by atoms with Gasteiger partial charge < -0.3 is 9.42 Å². The van der Waals surface area contributed by atoms with Crippen molar-refractivity contribution in [3.63, 3.8) is 0 Å². The van der Waals surface area contributed by atoms with Gasteiger partial charge in [-0.1, -0.05) is 5.16 Å². The molecule has 0 aromatic carbocycles. The minimum atomic E-state index is 0.313. The number of likely N-dealkylation sites (tertiary alicyclic amines) is 1. The summed E-state index contributed by atoms with van der Waals surface area (Å²) in [6, 6.07) is 0.354. The highest BCUT2D eigenvalue weighted by Crippen LogP contribution is 2.32. The summed E-state index contributed by atoms with van der Waals surface area (Å²) in [5.74, 6) is 1.57. The van der Waals surface area contributed by atoms with Gasteiger partial charge in [0, 0.05) is 37.7 Å². The van der Waals surface area contributed by atoms with Crippen LogP contribution in [0.25, 0.3) is 0 Å². The highest BCUT2D eigenvalue weighted by atomic mass is 16.5. The standard InChI is InChI=1S/C16H25N3O2/c1-11-15(12(2)21-17-11)10-19-8-4-5-14(9-19)18(3)16(20)13-6-7-13/h13-14H,4-10H2,1-3H3. The van der Waals surface area contributed by atoms with Crippen LogP contribution in [-0.2, 0) is 11.3 Å². The molecule has 0 radical (unpaired) electrons. The molecule has 0 spiro atoms. The van der Waals surface area contributed by atoms with E-state index in [1.807, 2.05) is 25.8 Å². The van der Waals surface area contributed by atoms with Crippen molar-refractivity contribution in [3.8, 4) is 0 Å². The second kappa shape index (κ2) is 5.79. The molecule has 116 valence electrons. The zero-order valence-corrected chi connectivity index (χ0v) is 13.3. The van der Waals surface area contributed by atoms with Crippen molar-refractivity contribution in [2.24, 2.45) is 5.92 Å². The van der Waals surface area contributed by atoms with Crippen molar-refractivity contribution < 1.29 is 9.32 Å². The van der Waals surface area contributed by atoms with Crippen LogP contribution < -0.4 is 0 Å². The highest BCUT2D eigenvalue weighted by Gasteiger charge is 2.35. The average molecular weight is 291 g/mol. The molecular formula is C16H25N3O2. The third-order valence-corrected chi connectivity index (χ3v) is 4.87. The molecule has 2 aliphatic rings. The van der Waals surface area contributed by atoms with Crippen molar-refractivity contribution in [1.82, 2.24) is 15.0 Å². The first-order valence-electron chi connectivity index (χ1n) is 7.97. The van der Waals surface area contributed by atoms with Gasteiger partial charge in [0.15, 0.2) is 0 Å². The smallest absolute Gasteiger partial charge is 0.225 e. The summed E-state index contributed by atoms with van der Waals surface area (Å²) >= 11 is 0. The maximum atomic E-state index is 12.2. The lowest BCUT2D eigenvalue weighted by Gasteiger charge is -2.37. The van der Waals surface area contributed by atoms with E-state index in [0.717, 1.165) is 56.8 Å². The molecule has 21 heavy (non-hydrogen) atoms. The van der Waals surface area contributed by atoms with E-state index in [2.05, 4.69) is 10.1 Å². The van der Waals surface area contributed by atoms with Crippen molar-refractivity contribution in [3.05, 3.63) is 17.0 Å². The first-order valence-corrected chi connectivity index (χ1v) is 7.97. The van der Waals surface area contributed by atoms with Gasteiger partial charge in [0.05, 0.1) is 5.69 Å². The molecule has 5 nitrogen and oxygen atoms in total. The van der Waals surface area contributed by atoms with Crippen LogP contribution in [0.1, 0.15) is 42.7 Å². The molecule has 1 unspecified atom stereocenters. The minimum absolute atomic E-state index is 0.313. The van der Waals surface area contributed by atoms with E-state index in [9.17, 15) is 4.79 Å². The molecule has 1 saturated carbocycles. The van der Waals surface area contributed by atoms with Crippen molar-refractivity contribution in [1.29, 1.82) is 0 Å². The number of rotatable bonds is 4. The van der Waals surface area contributed by atoms with E-state index in [-0.39, 0.29) is 0 Å². The van der Waals surface area contributed by atoms with Crippen molar-refractivity contribution >= 4 is 5.91 Å². The Hall–Kier alpha value is -1.36. The number of aromatic nitrogens is 1. The maximum absolute atomic E-state index is 12.2. The van der Waals surface area contributed by atoms with Gasteiger partial charge in [-0.3, -0.25) is 9.69 Å². The normalized spacial score (nSPS) is 23.3. The van der Waals surface area contributed by atoms with Gasteiger partial charge in [-0.15, -0.1) is 0 Å². The monoisotopic (exact) mass is 291 g/mol. The van der Waals surface area contributed by atoms with E-state index in [1.54, 1.807) is 0 Å². The fraction of sp³-hybridized carbons (Fsp3) is 0.750. The lowest BCUT2D eigenvalue weighted by molar-refractivity contribution is -0.134. The van der Waals surface area contributed by atoms with Crippen LogP contribution >= 0.6 is 0 Å². The Morgan fingerprint density at radius 1 is 1.38 bits per heavy atom. The highest BCUT2D eigenvalue weighted by molar-refractivity contribution is 5.81. The number of carbonyl (C=O) groups excluding carboxylic acids is 1. The number of nitrogens with zero attached hydrogens (tertiary/aromatic N) is 3. The van der Waals surface area contributed by atoms with Crippen LogP contribution in [0.5, 0.6) is 0 Å². The molecule has 1 aliphatic heterocycles. The quantitative estimate of drug-likeness (QED) is 0.852. The van der Waals surface area contributed by atoms with Crippen molar-refractivity contribution in [2.75, 3.05) is 20.1 Å². The Morgan fingerprint density at radius 2 is 2.14 bits per heavy atom. The van der Waals surface area contributed by atoms with Gasteiger partial charge in [0.25, 0.3) is 0 Å². The van der Waals surface area contributed by atoms with Crippen molar-refractivity contribution in [2.45, 2.75) is 52.1 Å². The summed E-state index contributed by atoms with van der Waals surface area (Å²) in [5.41, 5.74) is 2.18. The first kappa shape index (κ1) is 14.6. The molecule has 1 amide bonds. The Morgan fingerprint density at radius 3 is 2.76 bits per heavy atom. The fourth-order valence-corrected chi connectivity index (χ4v) is 3.24. The number of hydrogen-bond acceptors (Lipinski definition) is 4. The average Bonchev–Trinajstić information content (AvgIpc) is 3.29. The number of aryl methyl sites for hydroxylation is 2. The predicted molar refractivity (Wildman–Crippen MR) is 79.8 cm³/mol. The summed E-state index contributed by atoms with van der Waals surface area (Å²) in [7, 11) is 1.98. The van der Waals surface area contributed by atoms with E-state index in [1.165, 1.54) is 5.56 Å². The topological polar surface area (TPSA) is 49.6 Å². The molecule has 1 aliphatic carbocycles. The zero-order chi connectivity index (χ0) is 15.0. The van der Waals surface area contributed by atoms with Crippen LogP contribution in [0.3, 0.4) is 0 Å². The largest absolute Gasteiger partial charge is 0.361 e. The molecule has 1 atom stereocenters. The van der Waals surface area contributed by atoms with Crippen LogP contribution in [0.2, 0.25) is 0 Å². The molecule has 1 aromatic heterocycles. The summed E-state index contributed by atoms with van der Waals surface area (Å²) in [5, 5.41) is 4.03. The van der Waals surface area contributed by atoms with Crippen LogP contribution in [0.4, 0.5) is 0 Å². The number of hydrogen-bond donors (Lipinski definition) is 0. The summed E-state index contributed by atoms with van der Waals surface area (Å²) in [6.45, 7) is 6.89. The zero-order valence-electron chi connectivity index (χ0n) is 13.3. The maximum Gasteiger partial charge on any atom is 0.225 e. The SMILES string of the molecule is Cc1noc(C)c1CN1CCCC(N(C)C(=O)C2CC2)C1. The third kappa shape index (κ3) is 3.12. The van der Waals surface area contributed by atoms with Gasteiger partial charge in [-0.2, -0.15) is 0 Å². The predicted octanol–water partition coefficient (Wildman–Crippen LogP) is 2.12. The van der Waals surface area contributed by atoms with E-state index in [4.69, 9.17) is 4.52 Å². The molecule has 0 bridgehead atoms. The van der Waals surface area contributed by atoms with Crippen LogP contribution in [-0.4, -0.2) is 47.0 Å². The Bertz CT molecular complexity index is 502. The lowest BCUT2D eigenvalue weighted by atomic mass is 10.0. The van der Waals surface area contributed by atoms with Gasteiger partial charge in [-0.05, 0) is 46.1 Å². The van der Waals surface area contributed by atoms with Gasteiger partial charge >= 0.3 is 0 Å².